The van der Waals surface area contributed by atoms with Gasteiger partial charge in [-0.1, -0.05) is 19.9 Å². The van der Waals surface area contributed by atoms with Crippen molar-refractivity contribution in [2.45, 2.75) is 33.7 Å². The highest BCUT2D eigenvalue weighted by Crippen LogP contribution is 2.15. The van der Waals surface area contributed by atoms with Crippen LogP contribution in [-0.4, -0.2) is 30.8 Å². The monoisotopic (exact) mass is 252 g/mol. The lowest BCUT2D eigenvalue weighted by Crippen LogP contribution is -2.31. The van der Waals surface area contributed by atoms with E-state index in [-0.39, 0.29) is 6.04 Å². The van der Waals surface area contributed by atoms with E-state index in [1.165, 1.54) is 0 Å². The molecule has 0 amide bonds. The number of nitrogens with zero attached hydrogens (tertiary/aromatic N) is 1. The lowest BCUT2D eigenvalue weighted by Gasteiger charge is -2.22. The van der Waals surface area contributed by atoms with Gasteiger partial charge in [0.1, 0.15) is 5.82 Å². The van der Waals surface area contributed by atoms with Gasteiger partial charge >= 0.3 is 0 Å². The van der Waals surface area contributed by atoms with E-state index in [2.05, 4.69) is 24.1 Å². The Kier molecular flexibility index (Phi) is 6.50. The zero-order valence-corrected chi connectivity index (χ0v) is 11.8. The number of hydrogen-bond donors (Lipinski definition) is 1. The summed E-state index contributed by atoms with van der Waals surface area (Å²) in [5.41, 5.74) is 0. The van der Waals surface area contributed by atoms with E-state index in [1.807, 2.05) is 32.0 Å². The Balaban J connectivity index is 2.64. The number of pyridine rings is 1. The molecule has 1 unspecified atom stereocenters. The first-order chi connectivity index (χ1) is 8.67. The topological polar surface area (TPSA) is 43.4 Å². The standard InChI is InChI=1S/C14H24N2O2/c1-5-17-10-12(11(3)4)15-13-8-7-9-14(16-13)18-6-2/h7-9,11-12H,5-6,10H2,1-4H3,(H,15,16). The molecule has 0 saturated carbocycles. The summed E-state index contributed by atoms with van der Waals surface area (Å²) in [6.07, 6.45) is 0. The number of ether oxygens (including phenoxy) is 2. The largest absolute Gasteiger partial charge is 0.478 e. The van der Waals surface area contributed by atoms with Crippen molar-refractivity contribution in [3.8, 4) is 5.88 Å². The van der Waals surface area contributed by atoms with Crippen LogP contribution >= 0.6 is 0 Å². The fraction of sp³-hybridized carbons (Fsp3) is 0.643. The SMILES string of the molecule is CCOCC(Nc1cccc(OCC)n1)C(C)C. The molecule has 0 spiro atoms. The van der Waals surface area contributed by atoms with Crippen molar-refractivity contribution in [3.63, 3.8) is 0 Å². The van der Waals surface area contributed by atoms with Gasteiger partial charge < -0.3 is 14.8 Å². The van der Waals surface area contributed by atoms with Crippen LogP contribution in [0, 0.1) is 5.92 Å². The molecule has 0 aromatic carbocycles. The molecule has 0 aliphatic heterocycles. The second kappa shape index (κ2) is 7.93. The molecule has 4 heteroatoms. The predicted octanol–water partition coefficient (Wildman–Crippen LogP) is 2.95. The maximum absolute atomic E-state index is 5.49. The van der Waals surface area contributed by atoms with E-state index >= 15 is 0 Å². The maximum Gasteiger partial charge on any atom is 0.215 e. The van der Waals surface area contributed by atoms with E-state index in [1.54, 1.807) is 0 Å². The molecule has 0 saturated heterocycles. The van der Waals surface area contributed by atoms with Gasteiger partial charge in [0.25, 0.3) is 0 Å². The second-order valence-corrected chi connectivity index (χ2v) is 4.45. The highest BCUT2D eigenvalue weighted by Gasteiger charge is 2.13. The number of anilines is 1. The number of hydrogen-bond acceptors (Lipinski definition) is 4. The summed E-state index contributed by atoms with van der Waals surface area (Å²) in [5.74, 6) is 1.97. The molecule has 1 atom stereocenters. The quantitative estimate of drug-likeness (QED) is 0.772. The van der Waals surface area contributed by atoms with Gasteiger partial charge in [-0.15, -0.1) is 0 Å². The van der Waals surface area contributed by atoms with Crippen molar-refractivity contribution < 1.29 is 9.47 Å². The molecule has 1 N–H and O–H groups in total. The molecule has 0 bridgehead atoms. The first-order valence-corrected chi connectivity index (χ1v) is 6.61. The fourth-order valence-electron chi connectivity index (χ4n) is 1.56. The van der Waals surface area contributed by atoms with Crippen molar-refractivity contribution in [1.82, 2.24) is 4.98 Å². The van der Waals surface area contributed by atoms with E-state index in [0.29, 0.717) is 25.0 Å². The summed E-state index contributed by atoms with van der Waals surface area (Å²) in [5, 5.41) is 3.40. The van der Waals surface area contributed by atoms with Crippen LogP contribution in [0.25, 0.3) is 0 Å². The van der Waals surface area contributed by atoms with Crippen molar-refractivity contribution in [3.05, 3.63) is 18.2 Å². The summed E-state index contributed by atoms with van der Waals surface area (Å²) in [7, 11) is 0. The minimum atomic E-state index is 0.259. The van der Waals surface area contributed by atoms with Crippen LogP contribution in [0.4, 0.5) is 5.82 Å². The highest BCUT2D eigenvalue weighted by atomic mass is 16.5. The Morgan fingerprint density at radius 1 is 1.22 bits per heavy atom. The lowest BCUT2D eigenvalue weighted by atomic mass is 10.1. The zero-order valence-electron chi connectivity index (χ0n) is 11.8. The minimum absolute atomic E-state index is 0.259. The average molecular weight is 252 g/mol. The molecular formula is C14H24N2O2. The third kappa shape index (κ3) is 4.92. The summed E-state index contributed by atoms with van der Waals surface area (Å²) in [6.45, 7) is 10.3. The van der Waals surface area contributed by atoms with Crippen molar-refractivity contribution in [2.24, 2.45) is 5.92 Å². The summed E-state index contributed by atoms with van der Waals surface area (Å²) in [4.78, 5) is 4.40. The van der Waals surface area contributed by atoms with Crippen molar-refractivity contribution >= 4 is 5.82 Å². The Morgan fingerprint density at radius 3 is 2.61 bits per heavy atom. The van der Waals surface area contributed by atoms with Crippen LogP contribution < -0.4 is 10.1 Å². The molecule has 18 heavy (non-hydrogen) atoms. The molecule has 1 rings (SSSR count). The summed E-state index contributed by atoms with van der Waals surface area (Å²) in [6, 6.07) is 6.01. The van der Waals surface area contributed by atoms with Crippen LogP contribution in [0.1, 0.15) is 27.7 Å². The molecule has 0 aliphatic rings. The van der Waals surface area contributed by atoms with Crippen molar-refractivity contribution in [2.75, 3.05) is 25.1 Å². The first kappa shape index (κ1) is 14.8. The third-order valence-corrected chi connectivity index (χ3v) is 2.66. The predicted molar refractivity (Wildman–Crippen MR) is 74.1 cm³/mol. The van der Waals surface area contributed by atoms with Crippen LogP contribution in [0.15, 0.2) is 18.2 Å². The Bertz CT molecular complexity index is 342. The number of aromatic nitrogens is 1. The Labute approximate surface area is 110 Å². The van der Waals surface area contributed by atoms with Crippen LogP contribution in [0.3, 0.4) is 0 Å². The smallest absolute Gasteiger partial charge is 0.215 e. The number of rotatable bonds is 8. The first-order valence-electron chi connectivity index (χ1n) is 6.61. The van der Waals surface area contributed by atoms with Gasteiger partial charge in [-0.25, -0.2) is 0 Å². The van der Waals surface area contributed by atoms with E-state index in [9.17, 15) is 0 Å². The van der Waals surface area contributed by atoms with Gasteiger partial charge in [0.05, 0.1) is 19.3 Å². The molecule has 1 aromatic rings. The van der Waals surface area contributed by atoms with Gasteiger partial charge in [-0.05, 0) is 25.8 Å². The fourth-order valence-corrected chi connectivity index (χ4v) is 1.56. The summed E-state index contributed by atoms with van der Waals surface area (Å²) >= 11 is 0. The van der Waals surface area contributed by atoms with Gasteiger partial charge in [0.15, 0.2) is 0 Å². The number of nitrogens with one attached hydrogen (secondary N) is 1. The van der Waals surface area contributed by atoms with Gasteiger partial charge in [0, 0.05) is 12.7 Å². The maximum atomic E-state index is 5.49. The van der Waals surface area contributed by atoms with Gasteiger partial charge in [-0.3, -0.25) is 0 Å². The summed E-state index contributed by atoms with van der Waals surface area (Å²) < 4.78 is 10.9. The Morgan fingerprint density at radius 2 is 2.00 bits per heavy atom. The Hall–Kier alpha value is -1.29. The minimum Gasteiger partial charge on any atom is -0.478 e. The van der Waals surface area contributed by atoms with Gasteiger partial charge in [0.2, 0.25) is 5.88 Å². The van der Waals surface area contributed by atoms with Crippen LogP contribution in [-0.2, 0) is 4.74 Å². The van der Waals surface area contributed by atoms with Crippen molar-refractivity contribution in [1.29, 1.82) is 0 Å². The lowest BCUT2D eigenvalue weighted by molar-refractivity contribution is 0.126. The van der Waals surface area contributed by atoms with Crippen LogP contribution in [0.2, 0.25) is 0 Å². The molecule has 1 aromatic heterocycles. The molecule has 0 fully saturated rings. The molecule has 4 nitrogen and oxygen atoms in total. The highest BCUT2D eigenvalue weighted by molar-refractivity contribution is 5.38. The van der Waals surface area contributed by atoms with Gasteiger partial charge in [-0.2, -0.15) is 4.98 Å². The third-order valence-electron chi connectivity index (χ3n) is 2.66. The second-order valence-electron chi connectivity index (χ2n) is 4.45. The molecule has 1 heterocycles. The zero-order chi connectivity index (χ0) is 13.4. The van der Waals surface area contributed by atoms with E-state index in [4.69, 9.17) is 9.47 Å². The van der Waals surface area contributed by atoms with Crippen LogP contribution in [0.5, 0.6) is 5.88 Å². The molecule has 0 radical (unpaired) electrons. The molecular weight excluding hydrogens is 228 g/mol. The molecule has 0 aliphatic carbocycles. The average Bonchev–Trinajstić information content (AvgIpc) is 2.35. The molecule has 102 valence electrons. The normalized spacial score (nSPS) is 12.5. The van der Waals surface area contributed by atoms with E-state index < -0.39 is 0 Å². The van der Waals surface area contributed by atoms with E-state index in [0.717, 1.165) is 12.4 Å².